The molecule has 94 valence electrons. The minimum Gasteiger partial charge on any atom is -0.385 e. The van der Waals surface area contributed by atoms with Crippen LogP contribution in [-0.2, 0) is 0 Å². The van der Waals surface area contributed by atoms with Gasteiger partial charge in [-0.25, -0.2) is 4.39 Å². The summed E-state index contributed by atoms with van der Waals surface area (Å²) in [5, 5.41) is 3.47. The number of nitrogens with one attached hydrogen (secondary N) is 1. The van der Waals surface area contributed by atoms with Gasteiger partial charge in [0.1, 0.15) is 5.82 Å². The van der Waals surface area contributed by atoms with Gasteiger partial charge in [-0.2, -0.15) is 0 Å². The largest absolute Gasteiger partial charge is 0.385 e. The minimum absolute atomic E-state index is 0.150. The smallest absolute Gasteiger partial charge is 0.123 e. The highest BCUT2D eigenvalue weighted by Crippen LogP contribution is 2.24. The van der Waals surface area contributed by atoms with Crippen molar-refractivity contribution < 1.29 is 4.39 Å². The molecule has 2 rings (SSSR count). The van der Waals surface area contributed by atoms with Crippen LogP contribution < -0.4 is 5.32 Å². The van der Waals surface area contributed by atoms with Crippen LogP contribution in [0, 0.1) is 18.7 Å². The zero-order valence-electron chi connectivity index (χ0n) is 10.6. The van der Waals surface area contributed by atoms with Gasteiger partial charge in [-0.05, 0) is 49.4 Å². The summed E-state index contributed by atoms with van der Waals surface area (Å²) in [6.45, 7) is 2.99. The van der Waals surface area contributed by atoms with Gasteiger partial charge in [0.15, 0.2) is 0 Å². The second-order valence-electron chi connectivity index (χ2n) is 5.20. The predicted octanol–water partition coefficient (Wildman–Crippen LogP) is 4.52. The number of aryl methyl sites for hydroxylation is 1. The van der Waals surface area contributed by atoms with Crippen molar-refractivity contribution in [2.75, 3.05) is 11.9 Å². The fourth-order valence-corrected chi connectivity index (χ4v) is 2.65. The van der Waals surface area contributed by atoms with Crippen LogP contribution in [0.5, 0.6) is 0 Å². The van der Waals surface area contributed by atoms with E-state index in [4.69, 9.17) is 0 Å². The fraction of sp³-hybridized carbons (Fsp3) is 0.600. The maximum absolute atomic E-state index is 13.0. The molecule has 1 aliphatic carbocycles. The fourth-order valence-electron chi connectivity index (χ4n) is 2.65. The van der Waals surface area contributed by atoms with Crippen molar-refractivity contribution in [3.8, 4) is 0 Å². The molecule has 1 N–H and O–H groups in total. The average Bonchev–Trinajstić information content (AvgIpc) is 2.56. The molecule has 1 aromatic rings. The highest BCUT2D eigenvalue weighted by atomic mass is 19.1. The molecule has 1 aliphatic rings. The van der Waals surface area contributed by atoms with E-state index in [-0.39, 0.29) is 5.82 Å². The summed E-state index contributed by atoms with van der Waals surface area (Å²) < 4.78 is 13.0. The lowest BCUT2D eigenvalue weighted by molar-refractivity contribution is 0.483. The van der Waals surface area contributed by atoms with Crippen molar-refractivity contribution >= 4 is 5.69 Å². The number of halogens is 1. The monoisotopic (exact) mass is 235 g/mol. The average molecular weight is 235 g/mol. The van der Waals surface area contributed by atoms with Gasteiger partial charge in [-0.3, -0.25) is 0 Å². The molecule has 0 aromatic heterocycles. The zero-order valence-corrected chi connectivity index (χ0v) is 10.6. The van der Waals surface area contributed by atoms with E-state index >= 15 is 0 Å². The summed E-state index contributed by atoms with van der Waals surface area (Å²) in [6.07, 6.45) is 8.21. The first-order valence-corrected chi connectivity index (χ1v) is 6.76. The summed E-state index contributed by atoms with van der Waals surface area (Å²) in [4.78, 5) is 0. The lowest BCUT2D eigenvalue weighted by Crippen LogP contribution is -2.14. The molecule has 0 saturated heterocycles. The highest BCUT2D eigenvalue weighted by molar-refractivity contribution is 5.50. The maximum atomic E-state index is 13.0. The van der Waals surface area contributed by atoms with Crippen LogP contribution in [-0.4, -0.2) is 6.54 Å². The second-order valence-corrected chi connectivity index (χ2v) is 5.20. The number of rotatable bonds is 3. The molecule has 0 unspecified atom stereocenters. The molecule has 0 spiro atoms. The topological polar surface area (TPSA) is 12.0 Å². The van der Waals surface area contributed by atoms with Crippen LogP contribution in [0.15, 0.2) is 18.2 Å². The molecule has 1 fully saturated rings. The Morgan fingerprint density at radius 3 is 2.53 bits per heavy atom. The van der Waals surface area contributed by atoms with E-state index in [1.807, 2.05) is 13.0 Å². The van der Waals surface area contributed by atoms with Gasteiger partial charge in [0, 0.05) is 12.2 Å². The number of hydrogen-bond acceptors (Lipinski definition) is 1. The Labute approximate surface area is 103 Å². The van der Waals surface area contributed by atoms with E-state index in [9.17, 15) is 4.39 Å². The Kier molecular flexibility index (Phi) is 4.41. The third-order valence-corrected chi connectivity index (χ3v) is 3.74. The van der Waals surface area contributed by atoms with Gasteiger partial charge in [0.05, 0.1) is 0 Å². The molecule has 0 atom stereocenters. The molecular weight excluding hydrogens is 213 g/mol. The third kappa shape index (κ3) is 3.72. The van der Waals surface area contributed by atoms with Gasteiger partial charge in [-0.15, -0.1) is 0 Å². The molecule has 0 bridgehead atoms. The Balaban J connectivity index is 1.88. The van der Waals surface area contributed by atoms with Gasteiger partial charge >= 0.3 is 0 Å². The van der Waals surface area contributed by atoms with E-state index < -0.39 is 0 Å². The Bertz CT molecular complexity index is 354. The minimum atomic E-state index is -0.150. The maximum Gasteiger partial charge on any atom is 0.123 e. The van der Waals surface area contributed by atoms with Crippen molar-refractivity contribution in [1.82, 2.24) is 0 Å². The summed E-state index contributed by atoms with van der Waals surface area (Å²) in [7, 11) is 0. The SMILES string of the molecule is Cc1cc(F)ccc1NCC1CCCCCC1. The molecule has 2 heteroatoms. The van der Waals surface area contributed by atoms with Crippen LogP contribution in [0.3, 0.4) is 0 Å². The predicted molar refractivity (Wildman–Crippen MR) is 70.8 cm³/mol. The molecule has 1 nitrogen and oxygen atoms in total. The van der Waals surface area contributed by atoms with Crippen molar-refractivity contribution in [2.24, 2.45) is 5.92 Å². The van der Waals surface area contributed by atoms with E-state index in [0.29, 0.717) is 0 Å². The zero-order chi connectivity index (χ0) is 12.1. The molecule has 0 aliphatic heterocycles. The van der Waals surface area contributed by atoms with Gasteiger partial charge in [0.25, 0.3) is 0 Å². The summed E-state index contributed by atoms with van der Waals surface area (Å²) in [5.74, 6) is 0.643. The van der Waals surface area contributed by atoms with Crippen LogP contribution in [0.4, 0.5) is 10.1 Å². The van der Waals surface area contributed by atoms with Gasteiger partial charge in [-0.1, -0.05) is 25.7 Å². The van der Waals surface area contributed by atoms with Crippen molar-refractivity contribution in [2.45, 2.75) is 45.4 Å². The molecular formula is C15H22FN. The quantitative estimate of drug-likeness (QED) is 0.760. The number of benzene rings is 1. The van der Waals surface area contributed by atoms with Crippen LogP contribution >= 0.6 is 0 Å². The summed E-state index contributed by atoms with van der Waals surface area (Å²) in [5.41, 5.74) is 2.08. The second kappa shape index (κ2) is 6.04. The Morgan fingerprint density at radius 2 is 1.88 bits per heavy atom. The normalized spacial score (nSPS) is 17.8. The summed E-state index contributed by atoms with van der Waals surface area (Å²) >= 11 is 0. The van der Waals surface area contributed by atoms with Gasteiger partial charge in [0.2, 0.25) is 0 Å². The van der Waals surface area contributed by atoms with E-state index in [1.54, 1.807) is 6.07 Å². The first-order chi connectivity index (χ1) is 8.25. The van der Waals surface area contributed by atoms with Crippen LogP contribution in [0.1, 0.15) is 44.1 Å². The molecule has 17 heavy (non-hydrogen) atoms. The molecule has 0 heterocycles. The standard InChI is InChI=1S/C15H22FN/c1-12-10-14(16)8-9-15(12)17-11-13-6-4-2-3-5-7-13/h8-10,13,17H,2-7,11H2,1H3. The molecule has 1 aromatic carbocycles. The number of anilines is 1. The van der Waals surface area contributed by atoms with Crippen LogP contribution in [0.2, 0.25) is 0 Å². The first kappa shape index (κ1) is 12.4. The molecule has 0 radical (unpaired) electrons. The van der Waals surface area contributed by atoms with Crippen LogP contribution in [0.25, 0.3) is 0 Å². The van der Waals surface area contributed by atoms with Crippen molar-refractivity contribution in [3.63, 3.8) is 0 Å². The van der Waals surface area contributed by atoms with Crippen molar-refractivity contribution in [3.05, 3.63) is 29.6 Å². The first-order valence-electron chi connectivity index (χ1n) is 6.76. The lowest BCUT2D eigenvalue weighted by atomic mass is 10.0. The lowest BCUT2D eigenvalue weighted by Gasteiger charge is -2.17. The Hall–Kier alpha value is -1.05. The Morgan fingerprint density at radius 1 is 1.18 bits per heavy atom. The summed E-state index contributed by atoms with van der Waals surface area (Å²) in [6, 6.07) is 4.97. The molecule has 1 saturated carbocycles. The third-order valence-electron chi connectivity index (χ3n) is 3.74. The van der Waals surface area contributed by atoms with E-state index in [1.165, 1.54) is 44.6 Å². The van der Waals surface area contributed by atoms with Gasteiger partial charge < -0.3 is 5.32 Å². The van der Waals surface area contributed by atoms with E-state index in [2.05, 4.69) is 5.32 Å². The highest BCUT2D eigenvalue weighted by Gasteiger charge is 2.12. The number of hydrogen-bond donors (Lipinski definition) is 1. The van der Waals surface area contributed by atoms with Crippen molar-refractivity contribution in [1.29, 1.82) is 0 Å². The van der Waals surface area contributed by atoms with E-state index in [0.717, 1.165) is 23.7 Å². The molecule has 0 amide bonds.